The van der Waals surface area contributed by atoms with E-state index in [0.29, 0.717) is 63.2 Å². The smallest absolute Gasteiger partial charge is 0.267 e. The Morgan fingerprint density at radius 3 is 0.750 bits per heavy atom. The van der Waals surface area contributed by atoms with E-state index < -0.39 is 46.1 Å². The first kappa shape index (κ1) is 37.0. The molecule has 19 atom stereocenters. The van der Waals surface area contributed by atoms with Gasteiger partial charge in [-0.3, -0.25) is 56.2 Å². The van der Waals surface area contributed by atoms with Crippen LogP contribution in [0.2, 0.25) is 0 Å². The van der Waals surface area contributed by atoms with Crippen molar-refractivity contribution in [2.24, 2.45) is 47.3 Å². The predicted octanol–water partition coefficient (Wildman–Crippen LogP) is -0.795. The SMILES string of the molecule is O=S(=O)(O)C1CCC2C3NC4NC(NC5NC(NC6NC(NC(N3)C2C1)C1CCCCC61)C1CCC(S(=O)(=O)O)CC51)C1CC(S(=O)(=O)O)CCC41. The van der Waals surface area contributed by atoms with E-state index in [9.17, 15) is 38.9 Å². The molecule has 5 heterocycles. The lowest BCUT2D eigenvalue weighted by Gasteiger charge is -2.37. The standard InChI is InChI=1S/C32H56N8O9S3/c41-50(42,43)14-5-8-19-22(11-14)30-36-26-18-4-2-1-3-17(18)25(33-26)34-27-20-9-6-15(51(44,45)46)12-23(20)31(38-27)40-32-24-13-16(52(47,48)49)7-10-21(24)29(39-32)35-28(19)37-30/h14-40H,1-13H2,(H,41,42,43)(H,44,45,46)(H,47,48,49). The number of hydrogen-bond acceptors (Lipinski definition) is 14. The van der Waals surface area contributed by atoms with Crippen molar-refractivity contribution in [1.82, 2.24) is 42.5 Å². The van der Waals surface area contributed by atoms with Crippen molar-refractivity contribution in [3.05, 3.63) is 0 Å². The summed E-state index contributed by atoms with van der Waals surface area (Å²) in [6, 6.07) is 0. The van der Waals surface area contributed by atoms with E-state index in [2.05, 4.69) is 42.5 Å². The molecule has 5 saturated heterocycles. The lowest BCUT2D eigenvalue weighted by atomic mass is 9.76. The van der Waals surface area contributed by atoms with Crippen molar-refractivity contribution >= 4 is 30.4 Å². The second kappa shape index (κ2) is 13.5. The van der Waals surface area contributed by atoms with Crippen molar-refractivity contribution in [2.75, 3.05) is 0 Å². The number of rotatable bonds is 3. The largest absolute Gasteiger partial charge is 0.286 e. The van der Waals surface area contributed by atoms with Crippen LogP contribution in [-0.2, 0) is 30.4 Å². The van der Waals surface area contributed by atoms with Crippen LogP contribution in [0, 0.1) is 47.3 Å². The molecule has 17 nitrogen and oxygen atoms in total. The van der Waals surface area contributed by atoms with Gasteiger partial charge in [0.05, 0.1) is 65.1 Å². The van der Waals surface area contributed by atoms with Crippen LogP contribution in [0.3, 0.4) is 0 Å². The highest BCUT2D eigenvalue weighted by atomic mass is 32.2. The summed E-state index contributed by atoms with van der Waals surface area (Å²) < 4.78 is 105. The van der Waals surface area contributed by atoms with Gasteiger partial charge in [0.1, 0.15) is 0 Å². The topological polar surface area (TPSA) is 259 Å². The molecule has 4 saturated carbocycles. The van der Waals surface area contributed by atoms with Crippen LogP contribution < -0.4 is 42.5 Å². The van der Waals surface area contributed by atoms with Gasteiger partial charge in [-0.25, -0.2) is 0 Å². The van der Waals surface area contributed by atoms with Gasteiger partial charge in [-0.15, -0.1) is 0 Å². The Kier molecular flexibility index (Phi) is 9.62. The van der Waals surface area contributed by atoms with Gasteiger partial charge >= 0.3 is 0 Å². The molecule has 0 amide bonds. The summed E-state index contributed by atoms with van der Waals surface area (Å²) >= 11 is 0. The van der Waals surface area contributed by atoms with Gasteiger partial charge in [0, 0.05) is 0 Å². The molecular formula is C32H56N8O9S3. The van der Waals surface area contributed by atoms with Crippen molar-refractivity contribution in [1.29, 1.82) is 0 Å². The Hall–Kier alpha value is -0.590. The Morgan fingerprint density at radius 1 is 0.308 bits per heavy atom. The van der Waals surface area contributed by atoms with E-state index in [1.165, 1.54) is 0 Å². The van der Waals surface area contributed by atoms with Gasteiger partial charge < -0.3 is 0 Å². The van der Waals surface area contributed by atoms with Crippen LogP contribution in [0.5, 0.6) is 0 Å². The summed E-state index contributed by atoms with van der Waals surface area (Å²) in [6.07, 6.45) is 6.69. The molecule has 52 heavy (non-hydrogen) atoms. The third-order valence-electron chi connectivity index (χ3n) is 15.2. The summed E-state index contributed by atoms with van der Waals surface area (Å²) in [7, 11) is -12.7. The fourth-order valence-electron chi connectivity index (χ4n) is 12.7. The Balaban J connectivity index is 1.07. The van der Waals surface area contributed by atoms with Gasteiger partial charge in [-0.2, -0.15) is 25.3 Å². The molecule has 11 N–H and O–H groups in total. The van der Waals surface area contributed by atoms with Crippen LogP contribution in [0.15, 0.2) is 0 Å². The van der Waals surface area contributed by atoms with Crippen LogP contribution in [0.1, 0.15) is 83.5 Å². The molecule has 0 spiro atoms. The van der Waals surface area contributed by atoms with E-state index in [0.717, 1.165) is 25.7 Å². The second-order valence-corrected chi connectivity index (χ2v) is 22.7. The average Bonchev–Trinajstić information content (AvgIpc) is 3.82. The third-order valence-corrected chi connectivity index (χ3v) is 19.0. The summed E-state index contributed by atoms with van der Waals surface area (Å²) in [4.78, 5) is 0. The van der Waals surface area contributed by atoms with E-state index in [1.807, 2.05) is 0 Å². The highest BCUT2D eigenvalue weighted by Crippen LogP contribution is 2.47. The lowest BCUT2D eigenvalue weighted by molar-refractivity contribution is 0.167. The van der Waals surface area contributed by atoms with E-state index >= 15 is 0 Å². The fourth-order valence-corrected chi connectivity index (χ4v) is 15.4. The molecule has 5 aliphatic heterocycles. The van der Waals surface area contributed by atoms with Gasteiger partial charge in [-0.05, 0) is 118 Å². The monoisotopic (exact) mass is 792 g/mol. The van der Waals surface area contributed by atoms with Gasteiger partial charge in [0.2, 0.25) is 0 Å². The molecule has 9 rings (SSSR count). The normalized spacial score (nSPS) is 52.3. The number of fused-ring (bicyclic) bond motifs is 20. The number of nitrogens with one attached hydrogen (secondary N) is 8. The minimum absolute atomic E-state index is 0.0244. The maximum Gasteiger partial charge on any atom is 0.267 e. The summed E-state index contributed by atoms with van der Waals surface area (Å²) in [5, 5.41) is 28.2. The van der Waals surface area contributed by atoms with Crippen molar-refractivity contribution in [3.8, 4) is 0 Å². The maximum absolute atomic E-state index is 12.4. The van der Waals surface area contributed by atoms with E-state index in [1.54, 1.807) is 0 Å². The predicted molar refractivity (Wildman–Crippen MR) is 189 cm³/mol. The molecule has 4 aliphatic carbocycles. The molecule has 0 radical (unpaired) electrons. The molecule has 20 heteroatoms. The van der Waals surface area contributed by atoms with Crippen LogP contribution in [-0.4, -0.2) is 104 Å². The summed E-state index contributed by atoms with van der Waals surface area (Å²) in [5.74, 6) is 0.572. The quantitative estimate of drug-likeness (QED) is 0.157. The molecule has 9 aliphatic rings. The zero-order valence-corrected chi connectivity index (χ0v) is 31.6. The first-order valence-electron chi connectivity index (χ1n) is 19.6. The summed E-state index contributed by atoms with van der Waals surface area (Å²) in [5.41, 5.74) is 0. The average molecular weight is 793 g/mol. The Bertz CT molecular complexity index is 1710. The fraction of sp³-hybridized carbons (Fsp3) is 1.00. The van der Waals surface area contributed by atoms with Crippen LogP contribution >= 0.6 is 0 Å². The maximum atomic E-state index is 12.4. The molecule has 0 aromatic rings. The molecule has 0 aromatic carbocycles. The zero-order valence-electron chi connectivity index (χ0n) is 29.2. The molecule has 0 aromatic heterocycles. The van der Waals surface area contributed by atoms with Gasteiger partial charge in [0.25, 0.3) is 30.4 Å². The van der Waals surface area contributed by atoms with E-state index in [-0.39, 0.29) is 91.3 Å². The summed E-state index contributed by atoms with van der Waals surface area (Å²) in [6.45, 7) is 0. The first-order valence-corrected chi connectivity index (χ1v) is 24.1. The van der Waals surface area contributed by atoms with Crippen LogP contribution in [0.25, 0.3) is 0 Å². The zero-order chi connectivity index (χ0) is 36.3. The Labute approximate surface area is 306 Å². The Morgan fingerprint density at radius 2 is 0.519 bits per heavy atom. The number of hydrogen-bond donors (Lipinski definition) is 11. The minimum atomic E-state index is -4.26. The van der Waals surface area contributed by atoms with Crippen molar-refractivity contribution < 1.29 is 38.9 Å². The molecular weight excluding hydrogens is 737 g/mol. The van der Waals surface area contributed by atoms with Crippen molar-refractivity contribution in [3.63, 3.8) is 0 Å². The lowest BCUT2D eigenvalue weighted by Crippen LogP contribution is -2.61. The van der Waals surface area contributed by atoms with Gasteiger partial charge in [-0.1, -0.05) is 12.8 Å². The minimum Gasteiger partial charge on any atom is -0.286 e. The molecule has 19 unspecified atom stereocenters. The van der Waals surface area contributed by atoms with E-state index in [4.69, 9.17) is 0 Å². The molecule has 8 bridgehead atoms. The van der Waals surface area contributed by atoms with Gasteiger partial charge in [0.15, 0.2) is 0 Å². The third kappa shape index (κ3) is 6.71. The highest BCUT2D eigenvalue weighted by Gasteiger charge is 2.57. The molecule has 9 fully saturated rings. The molecule has 296 valence electrons. The highest BCUT2D eigenvalue weighted by molar-refractivity contribution is 7.86. The second-order valence-electron chi connectivity index (χ2n) is 17.6. The van der Waals surface area contributed by atoms with Crippen LogP contribution in [0.4, 0.5) is 0 Å². The first-order chi connectivity index (χ1) is 24.6. The van der Waals surface area contributed by atoms with Crippen molar-refractivity contribution in [2.45, 2.75) is 149 Å².